The molecule has 106 valence electrons. The summed E-state index contributed by atoms with van der Waals surface area (Å²) in [6, 6.07) is 1.75. The van der Waals surface area contributed by atoms with Crippen LogP contribution in [-0.4, -0.2) is 34.9 Å². The number of rotatable bonds is 7. The summed E-state index contributed by atoms with van der Waals surface area (Å²) in [5, 5.41) is 9.11. The van der Waals surface area contributed by atoms with Gasteiger partial charge in [0.15, 0.2) is 0 Å². The number of hydrogen-bond donors (Lipinski definition) is 3. The lowest BCUT2D eigenvalue weighted by molar-refractivity contribution is -0.120. The molecule has 7 heteroatoms. The Morgan fingerprint density at radius 2 is 2.20 bits per heavy atom. The Morgan fingerprint density at radius 1 is 1.30 bits per heavy atom. The van der Waals surface area contributed by atoms with Gasteiger partial charge in [-0.25, -0.2) is 4.98 Å². The molecule has 0 aliphatic rings. The van der Waals surface area contributed by atoms with Crippen LogP contribution in [0.4, 0.5) is 0 Å². The molecular formula is C13H16N4O2S. The van der Waals surface area contributed by atoms with Gasteiger partial charge in [0.25, 0.3) is 5.91 Å². The highest BCUT2D eigenvalue weighted by atomic mass is 32.1. The molecule has 0 unspecified atom stereocenters. The van der Waals surface area contributed by atoms with Crippen LogP contribution in [0, 0.1) is 0 Å². The molecule has 2 rings (SSSR count). The average Bonchev–Trinajstić information content (AvgIpc) is 3.12. The van der Waals surface area contributed by atoms with Crippen molar-refractivity contribution in [3.8, 4) is 0 Å². The maximum absolute atomic E-state index is 11.6. The minimum Gasteiger partial charge on any atom is -0.356 e. The van der Waals surface area contributed by atoms with Gasteiger partial charge in [0.2, 0.25) is 5.91 Å². The molecule has 2 amide bonds. The van der Waals surface area contributed by atoms with Crippen LogP contribution in [0.2, 0.25) is 0 Å². The topological polar surface area (TPSA) is 86.9 Å². The number of thiophene rings is 1. The molecule has 0 saturated heterocycles. The lowest BCUT2D eigenvalue weighted by atomic mass is 10.3. The largest absolute Gasteiger partial charge is 0.356 e. The van der Waals surface area contributed by atoms with E-state index in [1.54, 1.807) is 23.8 Å². The van der Waals surface area contributed by atoms with Crippen LogP contribution >= 0.6 is 11.3 Å². The molecule has 2 heterocycles. The van der Waals surface area contributed by atoms with Crippen LogP contribution in [0.15, 0.2) is 29.2 Å². The number of H-pyrrole nitrogens is 1. The van der Waals surface area contributed by atoms with E-state index in [1.165, 1.54) is 11.3 Å². The maximum Gasteiger partial charge on any atom is 0.252 e. The first kappa shape index (κ1) is 14.3. The van der Waals surface area contributed by atoms with Gasteiger partial charge >= 0.3 is 0 Å². The van der Waals surface area contributed by atoms with Crippen molar-refractivity contribution in [3.63, 3.8) is 0 Å². The summed E-state index contributed by atoms with van der Waals surface area (Å²) in [4.78, 5) is 30.2. The highest BCUT2D eigenvalue weighted by molar-refractivity contribution is 7.08. The van der Waals surface area contributed by atoms with Crippen LogP contribution in [0.1, 0.15) is 22.6 Å². The first-order chi connectivity index (χ1) is 9.75. The Kier molecular flexibility index (Phi) is 5.31. The van der Waals surface area contributed by atoms with Gasteiger partial charge in [0.05, 0.1) is 0 Å². The predicted octanol–water partition coefficient (Wildman–Crippen LogP) is 0.950. The fourth-order valence-electron chi connectivity index (χ4n) is 1.63. The van der Waals surface area contributed by atoms with Crippen LogP contribution in [0.25, 0.3) is 0 Å². The molecular weight excluding hydrogens is 276 g/mol. The number of imidazole rings is 1. The van der Waals surface area contributed by atoms with E-state index in [4.69, 9.17) is 0 Å². The van der Waals surface area contributed by atoms with Gasteiger partial charge in [-0.1, -0.05) is 0 Å². The van der Waals surface area contributed by atoms with Crippen molar-refractivity contribution in [1.29, 1.82) is 0 Å². The van der Waals surface area contributed by atoms with Crippen molar-refractivity contribution in [1.82, 2.24) is 20.6 Å². The fraction of sp³-hybridized carbons (Fsp3) is 0.308. The minimum atomic E-state index is -0.144. The van der Waals surface area contributed by atoms with Gasteiger partial charge in [-0.2, -0.15) is 11.3 Å². The number of aromatic amines is 1. The molecule has 0 saturated carbocycles. The summed E-state index contributed by atoms with van der Waals surface area (Å²) in [6.07, 6.45) is 4.36. The van der Waals surface area contributed by atoms with Gasteiger partial charge in [-0.05, 0) is 11.4 Å². The Labute approximate surface area is 120 Å². The van der Waals surface area contributed by atoms with Crippen molar-refractivity contribution in [2.24, 2.45) is 0 Å². The van der Waals surface area contributed by atoms with E-state index in [0.29, 0.717) is 25.1 Å². The highest BCUT2D eigenvalue weighted by Gasteiger charge is 2.06. The summed E-state index contributed by atoms with van der Waals surface area (Å²) in [5.74, 6) is 0.618. The molecule has 0 bridgehead atoms. The number of aromatic nitrogens is 2. The highest BCUT2D eigenvalue weighted by Crippen LogP contribution is 2.04. The van der Waals surface area contributed by atoms with Crippen molar-refractivity contribution in [2.45, 2.75) is 12.8 Å². The molecule has 0 atom stereocenters. The number of amides is 2. The number of nitrogens with one attached hydrogen (secondary N) is 3. The number of nitrogens with zero attached hydrogens (tertiary/aromatic N) is 1. The van der Waals surface area contributed by atoms with E-state index in [1.807, 2.05) is 5.38 Å². The molecule has 0 aromatic carbocycles. The van der Waals surface area contributed by atoms with Gasteiger partial charge in [-0.15, -0.1) is 0 Å². The van der Waals surface area contributed by atoms with Crippen molar-refractivity contribution in [3.05, 3.63) is 40.6 Å². The van der Waals surface area contributed by atoms with Crippen LogP contribution in [0.3, 0.4) is 0 Å². The Morgan fingerprint density at radius 3 is 2.90 bits per heavy atom. The molecule has 20 heavy (non-hydrogen) atoms. The van der Waals surface area contributed by atoms with Crippen LogP contribution in [0.5, 0.6) is 0 Å². The third-order valence-electron chi connectivity index (χ3n) is 2.66. The third kappa shape index (κ3) is 4.51. The Balaban J connectivity index is 1.57. The molecule has 0 fully saturated rings. The van der Waals surface area contributed by atoms with E-state index in [9.17, 15) is 9.59 Å². The minimum absolute atomic E-state index is 0.0813. The predicted molar refractivity (Wildman–Crippen MR) is 76.6 cm³/mol. The number of carbonyl (C=O) groups excluding carboxylic acids is 2. The zero-order valence-corrected chi connectivity index (χ0v) is 11.7. The normalized spacial score (nSPS) is 10.2. The van der Waals surface area contributed by atoms with E-state index < -0.39 is 0 Å². The smallest absolute Gasteiger partial charge is 0.252 e. The average molecular weight is 292 g/mol. The molecule has 3 N–H and O–H groups in total. The standard InChI is InChI=1S/C13H16N4O2S/c18-12(16-4-1-11-14-6-7-15-11)2-5-17-13(19)10-3-8-20-9-10/h3,6-9H,1-2,4-5H2,(H,14,15)(H,16,18)(H,17,19). The zero-order chi connectivity index (χ0) is 14.2. The molecule has 0 radical (unpaired) electrons. The van der Waals surface area contributed by atoms with E-state index in [2.05, 4.69) is 20.6 Å². The number of hydrogen-bond acceptors (Lipinski definition) is 4. The lowest BCUT2D eigenvalue weighted by Crippen LogP contribution is -2.31. The van der Waals surface area contributed by atoms with Crippen LogP contribution < -0.4 is 10.6 Å². The third-order valence-corrected chi connectivity index (χ3v) is 3.34. The Bertz CT molecular complexity index is 537. The molecule has 2 aromatic heterocycles. The van der Waals surface area contributed by atoms with Crippen LogP contribution in [-0.2, 0) is 11.2 Å². The molecule has 0 aliphatic carbocycles. The zero-order valence-electron chi connectivity index (χ0n) is 10.9. The molecule has 0 spiro atoms. The van der Waals surface area contributed by atoms with E-state index in [-0.39, 0.29) is 18.2 Å². The lowest BCUT2D eigenvalue weighted by Gasteiger charge is -2.05. The summed E-state index contributed by atoms with van der Waals surface area (Å²) in [6.45, 7) is 0.867. The van der Waals surface area contributed by atoms with E-state index in [0.717, 1.165) is 5.82 Å². The van der Waals surface area contributed by atoms with E-state index >= 15 is 0 Å². The molecule has 6 nitrogen and oxygen atoms in total. The second kappa shape index (κ2) is 7.44. The number of carbonyl (C=O) groups is 2. The summed E-state index contributed by atoms with van der Waals surface area (Å²) in [5.41, 5.74) is 0.633. The Hall–Kier alpha value is -2.15. The monoisotopic (exact) mass is 292 g/mol. The van der Waals surface area contributed by atoms with Crippen molar-refractivity contribution >= 4 is 23.2 Å². The molecule has 2 aromatic rings. The first-order valence-corrected chi connectivity index (χ1v) is 7.25. The van der Waals surface area contributed by atoms with Gasteiger partial charge in [-0.3, -0.25) is 9.59 Å². The summed E-state index contributed by atoms with van der Waals surface area (Å²) in [7, 11) is 0. The van der Waals surface area contributed by atoms with Crippen molar-refractivity contribution < 1.29 is 9.59 Å². The van der Waals surface area contributed by atoms with Gasteiger partial charge in [0, 0.05) is 49.3 Å². The van der Waals surface area contributed by atoms with Crippen molar-refractivity contribution in [2.75, 3.05) is 13.1 Å². The second-order valence-electron chi connectivity index (χ2n) is 4.15. The second-order valence-corrected chi connectivity index (χ2v) is 4.93. The van der Waals surface area contributed by atoms with Gasteiger partial charge < -0.3 is 15.6 Å². The maximum atomic E-state index is 11.6. The first-order valence-electron chi connectivity index (χ1n) is 6.31. The summed E-state index contributed by atoms with van der Waals surface area (Å²) >= 11 is 1.47. The quantitative estimate of drug-likeness (QED) is 0.710. The fourth-order valence-corrected chi connectivity index (χ4v) is 2.26. The van der Waals surface area contributed by atoms with Gasteiger partial charge in [0.1, 0.15) is 5.82 Å². The SMILES string of the molecule is O=C(CCNC(=O)c1ccsc1)NCCc1ncc[nH]1. The summed E-state index contributed by atoms with van der Waals surface area (Å²) < 4.78 is 0. The molecule has 0 aliphatic heterocycles.